The Morgan fingerprint density at radius 3 is 2.43 bits per heavy atom. The van der Waals surface area contributed by atoms with Crippen molar-refractivity contribution < 1.29 is 18.7 Å². The van der Waals surface area contributed by atoms with Crippen molar-refractivity contribution in [3.05, 3.63) is 65.2 Å². The highest BCUT2D eigenvalue weighted by atomic mass is 16.5. The summed E-state index contributed by atoms with van der Waals surface area (Å²) in [5, 5.41) is 2.53. The maximum Gasteiger partial charge on any atom is 0.354 e. The normalized spacial score (nSPS) is 11.0. The molecular weight excluding hydrogens is 270 g/mol. The molecule has 2 rings (SSSR count). The molecule has 0 unspecified atom stereocenters. The maximum absolute atomic E-state index is 12.1. The van der Waals surface area contributed by atoms with Crippen LogP contribution in [0.5, 0.6) is 0 Å². The van der Waals surface area contributed by atoms with Gasteiger partial charge in [0.2, 0.25) is 0 Å². The number of ether oxygens (including phenoxy) is 1. The van der Waals surface area contributed by atoms with Crippen molar-refractivity contribution in [2.75, 3.05) is 7.11 Å². The second-order valence-corrected chi connectivity index (χ2v) is 4.32. The summed E-state index contributed by atoms with van der Waals surface area (Å²) in [4.78, 5) is 23.8. The third-order valence-corrected chi connectivity index (χ3v) is 2.74. The van der Waals surface area contributed by atoms with Crippen LogP contribution < -0.4 is 5.32 Å². The van der Waals surface area contributed by atoms with Gasteiger partial charge in [-0.15, -0.1) is 0 Å². The van der Waals surface area contributed by atoms with Gasteiger partial charge >= 0.3 is 5.97 Å². The van der Waals surface area contributed by atoms with Crippen molar-refractivity contribution >= 4 is 18.0 Å². The summed E-state index contributed by atoms with van der Waals surface area (Å²) in [6.07, 6.45) is 1.43. The van der Waals surface area contributed by atoms with Gasteiger partial charge in [0.1, 0.15) is 17.2 Å². The van der Waals surface area contributed by atoms with E-state index in [0.29, 0.717) is 17.1 Å². The molecule has 1 heterocycles. The minimum atomic E-state index is -0.645. The number of benzene rings is 1. The molecule has 0 fully saturated rings. The van der Waals surface area contributed by atoms with Crippen LogP contribution in [0.15, 0.2) is 52.6 Å². The van der Waals surface area contributed by atoms with Gasteiger partial charge < -0.3 is 14.5 Å². The second kappa shape index (κ2) is 6.56. The summed E-state index contributed by atoms with van der Waals surface area (Å²) in [6.45, 7) is 1.79. The summed E-state index contributed by atoms with van der Waals surface area (Å²) >= 11 is 0. The molecule has 0 saturated heterocycles. The molecular formula is C16H15NO4. The van der Waals surface area contributed by atoms with Crippen molar-refractivity contribution in [3.63, 3.8) is 0 Å². The molecule has 108 valence electrons. The number of hydrogen-bond donors (Lipinski definition) is 1. The lowest BCUT2D eigenvalue weighted by atomic mass is 10.2. The molecule has 0 bridgehead atoms. The number of hydrogen-bond acceptors (Lipinski definition) is 4. The van der Waals surface area contributed by atoms with E-state index in [1.165, 1.54) is 13.2 Å². The monoisotopic (exact) mass is 285 g/mol. The molecule has 1 amide bonds. The Bertz CT molecular complexity index is 671. The van der Waals surface area contributed by atoms with Gasteiger partial charge in [0.15, 0.2) is 0 Å². The first-order chi connectivity index (χ1) is 10.1. The predicted molar refractivity (Wildman–Crippen MR) is 77.3 cm³/mol. The Kier molecular flexibility index (Phi) is 4.56. The van der Waals surface area contributed by atoms with Gasteiger partial charge in [-0.2, -0.15) is 0 Å². The molecule has 5 heteroatoms. The van der Waals surface area contributed by atoms with Gasteiger partial charge in [0.25, 0.3) is 5.91 Å². The quantitative estimate of drug-likeness (QED) is 0.692. The number of aryl methyl sites for hydroxylation is 1. The van der Waals surface area contributed by atoms with Gasteiger partial charge in [0.05, 0.1) is 7.11 Å². The molecule has 0 radical (unpaired) electrons. The van der Waals surface area contributed by atoms with Crippen LogP contribution in [0, 0.1) is 6.92 Å². The van der Waals surface area contributed by atoms with Crippen LogP contribution in [0.4, 0.5) is 0 Å². The molecule has 21 heavy (non-hydrogen) atoms. The van der Waals surface area contributed by atoms with E-state index in [1.807, 2.05) is 0 Å². The van der Waals surface area contributed by atoms with Crippen LogP contribution in [0.2, 0.25) is 0 Å². The van der Waals surface area contributed by atoms with Gasteiger partial charge in [0, 0.05) is 11.6 Å². The third kappa shape index (κ3) is 3.82. The Hall–Kier alpha value is -2.82. The Balaban J connectivity index is 2.23. The molecule has 0 aliphatic rings. The molecule has 0 spiro atoms. The van der Waals surface area contributed by atoms with E-state index in [9.17, 15) is 9.59 Å². The van der Waals surface area contributed by atoms with Crippen molar-refractivity contribution in [3.8, 4) is 0 Å². The van der Waals surface area contributed by atoms with E-state index < -0.39 is 11.9 Å². The summed E-state index contributed by atoms with van der Waals surface area (Å²) in [5.41, 5.74) is 0.462. The molecule has 1 aromatic carbocycles. The Morgan fingerprint density at radius 2 is 1.86 bits per heavy atom. The average molecular weight is 285 g/mol. The lowest BCUT2D eigenvalue weighted by Gasteiger charge is -2.07. The van der Waals surface area contributed by atoms with E-state index in [2.05, 4.69) is 10.1 Å². The zero-order valence-electron chi connectivity index (χ0n) is 11.8. The number of esters is 1. The number of methoxy groups -OCH3 is 1. The predicted octanol–water partition coefficient (Wildman–Crippen LogP) is 2.53. The fraction of sp³-hybridized carbons (Fsp3) is 0.125. The van der Waals surface area contributed by atoms with E-state index in [-0.39, 0.29) is 5.70 Å². The number of rotatable bonds is 4. The Labute approximate surface area is 122 Å². The number of nitrogens with one attached hydrogen (secondary N) is 1. The first-order valence-electron chi connectivity index (χ1n) is 6.33. The number of amides is 1. The lowest BCUT2D eigenvalue weighted by molar-refractivity contribution is -0.136. The molecule has 2 aromatic rings. The zero-order valence-corrected chi connectivity index (χ0v) is 11.8. The fourth-order valence-electron chi connectivity index (χ4n) is 1.71. The van der Waals surface area contributed by atoms with Crippen LogP contribution in [0.25, 0.3) is 6.08 Å². The van der Waals surface area contributed by atoms with Crippen molar-refractivity contribution in [2.24, 2.45) is 0 Å². The maximum atomic E-state index is 12.1. The highest BCUT2D eigenvalue weighted by Gasteiger charge is 2.15. The molecule has 0 aliphatic heterocycles. The van der Waals surface area contributed by atoms with Crippen LogP contribution in [-0.4, -0.2) is 19.0 Å². The molecule has 5 nitrogen and oxygen atoms in total. The molecule has 0 atom stereocenters. The van der Waals surface area contributed by atoms with E-state index in [0.717, 1.165) is 0 Å². The van der Waals surface area contributed by atoms with Crippen molar-refractivity contribution in [1.29, 1.82) is 0 Å². The topological polar surface area (TPSA) is 68.5 Å². The van der Waals surface area contributed by atoms with Crippen LogP contribution in [0.3, 0.4) is 0 Å². The molecule has 1 aromatic heterocycles. The minimum Gasteiger partial charge on any atom is -0.464 e. The number of carbonyl (C=O) groups excluding carboxylic acids is 2. The minimum absolute atomic E-state index is 0.0145. The van der Waals surface area contributed by atoms with E-state index >= 15 is 0 Å². The molecule has 0 aliphatic carbocycles. The van der Waals surface area contributed by atoms with Gasteiger partial charge in [-0.3, -0.25) is 4.79 Å². The summed E-state index contributed by atoms with van der Waals surface area (Å²) < 4.78 is 10.0. The third-order valence-electron chi connectivity index (χ3n) is 2.74. The first kappa shape index (κ1) is 14.6. The average Bonchev–Trinajstić information content (AvgIpc) is 2.91. The van der Waals surface area contributed by atoms with Crippen LogP contribution in [-0.2, 0) is 9.53 Å². The lowest BCUT2D eigenvalue weighted by Crippen LogP contribution is -2.27. The summed E-state index contributed by atoms with van der Waals surface area (Å²) in [5.74, 6) is 0.130. The van der Waals surface area contributed by atoms with Crippen LogP contribution in [0.1, 0.15) is 21.9 Å². The van der Waals surface area contributed by atoms with E-state index in [4.69, 9.17) is 4.42 Å². The summed E-state index contributed by atoms with van der Waals surface area (Å²) in [7, 11) is 1.25. The highest BCUT2D eigenvalue weighted by Crippen LogP contribution is 2.11. The Morgan fingerprint density at radius 1 is 1.14 bits per heavy atom. The van der Waals surface area contributed by atoms with Crippen molar-refractivity contribution in [1.82, 2.24) is 5.32 Å². The second-order valence-electron chi connectivity index (χ2n) is 4.32. The smallest absolute Gasteiger partial charge is 0.354 e. The zero-order chi connectivity index (χ0) is 15.2. The number of furan rings is 1. The summed E-state index contributed by atoms with van der Waals surface area (Å²) in [6, 6.07) is 12.1. The van der Waals surface area contributed by atoms with Gasteiger partial charge in [-0.1, -0.05) is 18.2 Å². The van der Waals surface area contributed by atoms with Crippen molar-refractivity contribution in [2.45, 2.75) is 6.92 Å². The first-order valence-corrected chi connectivity index (χ1v) is 6.33. The van der Waals surface area contributed by atoms with Crippen LogP contribution >= 0.6 is 0 Å². The standard InChI is InChI=1S/C16H15NO4/c1-11-8-9-13(21-11)10-14(16(19)20-2)17-15(18)12-6-4-3-5-7-12/h3-10H,1-2H3,(H,17,18)/b14-10+. The highest BCUT2D eigenvalue weighted by molar-refractivity contribution is 6.03. The number of carbonyl (C=O) groups is 2. The van der Waals surface area contributed by atoms with Gasteiger partial charge in [-0.25, -0.2) is 4.79 Å². The van der Waals surface area contributed by atoms with E-state index in [1.54, 1.807) is 49.4 Å². The largest absolute Gasteiger partial charge is 0.464 e. The van der Waals surface area contributed by atoms with Gasteiger partial charge in [-0.05, 0) is 31.2 Å². The molecule has 1 N–H and O–H groups in total. The molecule has 0 saturated carbocycles. The fourth-order valence-corrected chi connectivity index (χ4v) is 1.71. The SMILES string of the molecule is COC(=O)/C(=C\c1ccc(C)o1)NC(=O)c1ccccc1.